The Balaban J connectivity index is 1.99. The monoisotopic (exact) mass is 257 g/mol. The number of fused-ring (bicyclic) bond motifs is 1. The second-order valence-corrected chi connectivity index (χ2v) is 5.75. The molecule has 3 nitrogen and oxygen atoms in total. The molecule has 1 aliphatic carbocycles. The number of nitrogens with zero attached hydrogens (tertiary/aromatic N) is 1. The summed E-state index contributed by atoms with van der Waals surface area (Å²) in [5.41, 5.74) is 3.34. The van der Waals surface area contributed by atoms with Crippen LogP contribution in [-0.2, 0) is 0 Å². The quantitative estimate of drug-likeness (QED) is 0.724. The molecule has 2 amide bonds. The molecule has 3 rings (SSSR count). The Morgan fingerprint density at radius 2 is 1.37 bits per heavy atom. The number of carbonyl (C=O) groups is 2. The third-order valence-electron chi connectivity index (χ3n) is 4.47. The minimum atomic E-state index is -0.0880. The van der Waals surface area contributed by atoms with Gasteiger partial charge < -0.3 is 0 Å². The fraction of sp³-hybridized carbons (Fsp3) is 0.500. The number of imide groups is 1. The Kier molecular flexibility index (Phi) is 2.92. The average molecular weight is 257 g/mol. The minimum Gasteiger partial charge on any atom is -0.271 e. The van der Waals surface area contributed by atoms with Gasteiger partial charge in [0.15, 0.2) is 0 Å². The third kappa shape index (κ3) is 1.88. The van der Waals surface area contributed by atoms with Crippen LogP contribution in [0, 0.1) is 13.8 Å². The Hall–Kier alpha value is -1.64. The Labute approximate surface area is 113 Å². The SMILES string of the molecule is Cc1cc2c(cc1C)C(=O)N(C1CCCCC1)C2=O. The van der Waals surface area contributed by atoms with E-state index in [1.807, 2.05) is 26.0 Å². The average Bonchev–Trinajstić information content (AvgIpc) is 2.64. The first-order chi connectivity index (χ1) is 9.09. The van der Waals surface area contributed by atoms with Crippen molar-refractivity contribution < 1.29 is 9.59 Å². The molecule has 0 radical (unpaired) electrons. The van der Waals surface area contributed by atoms with Crippen molar-refractivity contribution in [3.05, 3.63) is 34.4 Å². The van der Waals surface area contributed by atoms with Crippen molar-refractivity contribution in [2.75, 3.05) is 0 Å². The maximum Gasteiger partial charge on any atom is 0.261 e. The molecule has 0 atom stereocenters. The third-order valence-corrected chi connectivity index (χ3v) is 4.47. The first-order valence-electron chi connectivity index (χ1n) is 7.08. The van der Waals surface area contributed by atoms with Crippen molar-refractivity contribution >= 4 is 11.8 Å². The van der Waals surface area contributed by atoms with Crippen molar-refractivity contribution in [2.45, 2.75) is 52.0 Å². The van der Waals surface area contributed by atoms with Gasteiger partial charge in [0.1, 0.15) is 0 Å². The summed E-state index contributed by atoms with van der Waals surface area (Å²) in [6.45, 7) is 3.97. The Bertz CT molecular complexity index is 515. The second kappa shape index (κ2) is 4.48. The molecule has 1 aliphatic heterocycles. The number of aryl methyl sites for hydroxylation is 2. The highest BCUT2D eigenvalue weighted by molar-refractivity contribution is 6.21. The molecule has 0 aromatic heterocycles. The molecule has 3 heteroatoms. The summed E-state index contributed by atoms with van der Waals surface area (Å²) < 4.78 is 0. The zero-order chi connectivity index (χ0) is 13.6. The molecule has 1 heterocycles. The van der Waals surface area contributed by atoms with Crippen LogP contribution in [0.5, 0.6) is 0 Å². The maximum absolute atomic E-state index is 12.5. The number of hydrogen-bond acceptors (Lipinski definition) is 2. The van der Waals surface area contributed by atoms with E-state index in [-0.39, 0.29) is 17.9 Å². The lowest BCUT2D eigenvalue weighted by Gasteiger charge is -2.29. The van der Waals surface area contributed by atoms with Gasteiger partial charge in [-0.15, -0.1) is 0 Å². The summed E-state index contributed by atoms with van der Waals surface area (Å²) in [6, 6.07) is 3.85. The summed E-state index contributed by atoms with van der Waals surface area (Å²) in [5.74, 6) is -0.176. The van der Waals surface area contributed by atoms with Crippen molar-refractivity contribution in [3.8, 4) is 0 Å². The van der Waals surface area contributed by atoms with E-state index in [2.05, 4.69) is 0 Å². The molecule has 2 aliphatic rings. The van der Waals surface area contributed by atoms with E-state index in [9.17, 15) is 9.59 Å². The number of hydrogen-bond donors (Lipinski definition) is 0. The van der Waals surface area contributed by atoms with Gasteiger partial charge >= 0.3 is 0 Å². The first-order valence-corrected chi connectivity index (χ1v) is 7.08. The van der Waals surface area contributed by atoms with Crippen LogP contribution in [-0.4, -0.2) is 22.8 Å². The van der Waals surface area contributed by atoms with Crippen molar-refractivity contribution in [1.29, 1.82) is 0 Å². The fourth-order valence-corrected chi connectivity index (χ4v) is 3.19. The van der Waals surface area contributed by atoms with E-state index in [1.54, 1.807) is 0 Å². The lowest BCUT2D eigenvalue weighted by atomic mass is 9.94. The van der Waals surface area contributed by atoms with E-state index in [4.69, 9.17) is 0 Å². The molecular weight excluding hydrogens is 238 g/mol. The second-order valence-electron chi connectivity index (χ2n) is 5.75. The standard InChI is InChI=1S/C16H19NO2/c1-10-8-13-14(9-11(10)2)16(19)17(15(13)18)12-6-4-3-5-7-12/h8-9,12H,3-7H2,1-2H3. The van der Waals surface area contributed by atoms with Gasteiger partial charge in [-0.25, -0.2) is 0 Å². The Morgan fingerprint density at radius 1 is 0.895 bits per heavy atom. The Morgan fingerprint density at radius 3 is 1.84 bits per heavy atom. The lowest BCUT2D eigenvalue weighted by Crippen LogP contribution is -2.40. The van der Waals surface area contributed by atoms with Crippen molar-refractivity contribution in [2.24, 2.45) is 0 Å². The largest absolute Gasteiger partial charge is 0.271 e. The predicted octanol–water partition coefficient (Wildman–Crippen LogP) is 3.23. The molecular formula is C16H19NO2. The van der Waals surface area contributed by atoms with E-state index >= 15 is 0 Å². The molecule has 0 spiro atoms. The molecule has 0 saturated heterocycles. The molecule has 0 N–H and O–H groups in total. The number of rotatable bonds is 1. The van der Waals surface area contributed by atoms with Crippen LogP contribution in [0.25, 0.3) is 0 Å². The zero-order valence-electron chi connectivity index (χ0n) is 11.5. The van der Waals surface area contributed by atoms with Gasteiger partial charge in [-0.3, -0.25) is 14.5 Å². The van der Waals surface area contributed by atoms with Crippen LogP contribution in [0.3, 0.4) is 0 Å². The molecule has 1 saturated carbocycles. The van der Waals surface area contributed by atoms with Crippen LogP contribution >= 0.6 is 0 Å². The van der Waals surface area contributed by atoms with Gasteiger partial charge in [0.25, 0.3) is 11.8 Å². The molecule has 19 heavy (non-hydrogen) atoms. The summed E-state index contributed by atoms with van der Waals surface area (Å²) in [7, 11) is 0. The van der Waals surface area contributed by atoms with Crippen LogP contribution in [0.1, 0.15) is 63.9 Å². The van der Waals surface area contributed by atoms with Gasteiger partial charge in [0.05, 0.1) is 11.1 Å². The van der Waals surface area contributed by atoms with E-state index in [0.717, 1.165) is 36.8 Å². The fourth-order valence-electron chi connectivity index (χ4n) is 3.19. The van der Waals surface area contributed by atoms with E-state index < -0.39 is 0 Å². The number of carbonyl (C=O) groups excluding carboxylic acids is 2. The van der Waals surface area contributed by atoms with Crippen LogP contribution < -0.4 is 0 Å². The smallest absolute Gasteiger partial charge is 0.261 e. The van der Waals surface area contributed by atoms with Gasteiger partial charge in [-0.2, -0.15) is 0 Å². The first kappa shape index (κ1) is 12.4. The number of amides is 2. The summed E-state index contributed by atoms with van der Waals surface area (Å²) in [5, 5.41) is 0. The molecule has 1 aromatic rings. The predicted molar refractivity (Wildman–Crippen MR) is 73.3 cm³/mol. The van der Waals surface area contributed by atoms with Crippen molar-refractivity contribution in [1.82, 2.24) is 4.90 Å². The maximum atomic E-state index is 12.5. The normalized spacial score (nSPS) is 20.0. The van der Waals surface area contributed by atoms with Crippen molar-refractivity contribution in [3.63, 3.8) is 0 Å². The topological polar surface area (TPSA) is 37.4 Å². The highest BCUT2D eigenvalue weighted by Crippen LogP contribution is 2.32. The summed E-state index contributed by atoms with van der Waals surface area (Å²) in [6.07, 6.45) is 5.39. The van der Waals surface area contributed by atoms with Crippen LogP contribution in [0.2, 0.25) is 0 Å². The molecule has 0 unspecified atom stereocenters. The van der Waals surface area contributed by atoms with Crippen LogP contribution in [0.4, 0.5) is 0 Å². The zero-order valence-corrected chi connectivity index (χ0v) is 11.5. The van der Waals surface area contributed by atoms with Gasteiger partial charge in [0.2, 0.25) is 0 Å². The molecule has 0 bridgehead atoms. The molecule has 100 valence electrons. The highest BCUT2D eigenvalue weighted by Gasteiger charge is 2.40. The van der Waals surface area contributed by atoms with Gasteiger partial charge in [-0.05, 0) is 49.9 Å². The van der Waals surface area contributed by atoms with Crippen LogP contribution in [0.15, 0.2) is 12.1 Å². The molecule has 1 fully saturated rings. The summed E-state index contributed by atoms with van der Waals surface area (Å²) >= 11 is 0. The highest BCUT2D eigenvalue weighted by atomic mass is 16.2. The minimum absolute atomic E-state index is 0.0880. The molecule has 1 aromatic carbocycles. The van der Waals surface area contributed by atoms with E-state index in [1.165, 1.54) is 11.3 Å². The lowest BCUT2D eigenvalue weighted by molar-refractivity contribution is 0.0549. The number of benzene rings is 1. The van der Waals surface area contributed by atoms with E-state index in [0.29, 0.717) is 11.1 Å². The van der Waals surface area contributed by atoms with Gasteiger partial charge in [0, 0.05) is 6.04 Å². The van der Waals surface area contributed by atoms with Gasteiger partial charge in [-0.1, -0.05) is 19.3 Å². The summed E-state index contributed by atoms with van der Waals surface area (Å²) in [4.78, 5) is 26.5.